The highest BCUT2D eigenvalue weighted by Crippen LogP contribution is 2.18. The molecule has 4 heteroatoms. The van der Waals surface area contributed by atoms with E-state index in [4.69, 9.17) is 11.6 Å². The average Bonchev–Trinajstić information content (AvgIpc) is 2.33. The molecule has 0 aliphatic carbocycles. The molecule has 1 aromatic heterocycles. The van der Waals surface area contributed by atoms with Crippen LogP contribution in [0.3, 0.4) is 0 Å². The second-order valence-electron chi connectivity index (χ2n) is 3.84. The van der Waals surface area contributed by atoms with Gasteiger partial charge in [-0.3, -0.25) is 9.78 Å². The second kappa shape index (κ2) is 4.63. The highest BCUT2D eigenvalue weighted by Gasteiger charge is 2.11. The third kappa shape index (κ3) is 2.50. The number of benzene rings is 1. The van der Waals surface area contributed by atoms with Crippen molar-refractivity contribution >= 4 is 17.4 Å². The zero-order chi connectivity index (χ0) is 12.4. The van der Waals surface area contributed by atoms with Gasteiger partial charge in [0, 0.05) is 16.8 Å². The molecule has 3 nitrogen and oxygen atoms in total. The number of ketones is 1. The van der Waals surface area contributed by atoms with Gasteiger partial charge in [0.25, 0.3) is 0 Å². The molecule has 0 saturated heterocycles. The van der Waals surface area contributed by atoms with Crippen LogP contribution in [0.1, 0.15) is 27.3 Å². The summed E-state index contributed by atoms with van der Waals surface area (Å²) < 4.78 is 0. The first-order valence-electron chi connectivity index (χ1n) is 5.17. The normalized spacial score (nSPS) is 10.3. The van der Waals surface area contributed by atoms with Crippen LogP contribution in [0.4, 0.5) is 0 Å². The van der Waals surface area contributed by atoms with Gasteiger partial charge in [-0.15, -0.1) is 0 Å². The predicted octanol–water partition coefficient (Wildman–Crippen LogP) is 2.98. The minimum Gasteiger partial charge on any atom is -0.287 e. The van der Waals surface area contributed by atoms with E-state index in [9.17, 15) is 4.79 Å². The first-order chi connectivity index (χ1) is 8.08. The lowest BCUT2D eigenvalue weighted by Crippen LogP contribution is -2.05. The number of aryl methyl sites for hydroxylation is 2. The Kier molecular flexibility index (Phi) is 3.20. The van der Waals surface area contributed by atoms with Crippen molar-refractivity contribution in [3.8, 4) is 0 Å². The summed E-state index contributed by atoms with van der Waals surface area (Å²) in [6, 6.07) is 5.21. The summed E-state index contributed by atoms with van der Waals surface area (Å²) in [5.74, 6) is -0.167. The van der Waals surface area contributed by atoms with Crippen molar-refractivity contribution in [1.82, 2.24) is 9.97 Å². The number of rotatable bonds is 2. The zero-order valence-electron chi connectivity index (χ0n) is 9.57. The molecule has 0 unspecified atom stereocenters. The molecule has 1 aromatic carbocycles. The monoisotopic (exact) mass is 246 g/mol. The lowest BCUT2D eigenvalue weighted by Gasteiger charge is -2.03. The van der Waals surface area contributed by atoms with Crippen LogP contribution in [-0.4, -0.2) is 15.8 Å². The van der Waals surface area contributed by atoms with Crippen LogP contribution in [0.15, 0.2) is 30.6 Å². The number of halogens is 1. The van der Waals surface area contributed by atoms with Gasteiger partial charge in [0.15, 0.2) is 0 Å². The molecule has 0 bridgehead atoms. The number of carbonyl (C=O) groups excluding carboxylic acids is 1. The maximum atomic E-state index is 12.1. The summed E-state index contributed by atoms with van der Waals surface area (Å²) in [5, 5.41) is 0.580. The molecule has 0 amide bonds. The summed E-state index contributed by atoms with van der Waals surface area (Å²) in [4.78, 5) is 20.2. The molecule has 0 saturated carbocycles. The molecule has 86 valence electrons. The van der Waals surface area contributed by atoms with Gasteiger partial charge >= 0.3 is 0 Å². The van der Waals surface area contributed by atoms with Crippen LogP contribution in [0.2, 0.25) is 5.02 Å². The fourth-order valence-electron chi connectivity index (χ4n) is 1.39. The number of aromatic nitrogens is 2. The SMILES string of the molecule is Cc1cnc(C(=O)c2ccc(C)c(Cl)c2)cn1. The Morgan fingerprint density at radius 3 is 2.53 bits per heavy atom. The van der Waals surface area contributed by atoms with Crippen LogP contribution >= 0.6 is 11.6 Å². The van der Waals surface area contributed by atoms with Crippen molar-refractivity contribution in [2.75, 3.05) is 0 Å². The van der Waals surface area contributed by atoms with Crippen LogP contribution in [-0.2, 0) is 0 Å². The van der Waals surface area contributed by atoms with E-state index in [1.54, 1.807) is 18.3 Å². The van der Waals surface area contributed by atoms with Gasteiger partial charge in [-0.05, 0) is 25.5 Å². The van der Waals surface area contributed by atoms with E-state index in [-0.39, 0.29) is 5.78 Å². The molecule has 0 radical (unpaired) electrons. The molecule has 0 atom stereocenters. The molecule has 0 aliphatic heterocycles. The molecular weight excluding hydrogens is 236 g/mol. The zero-order valence-corrected chi connectivity index (χ0v) is 10.3. The molecule has 1 heterocycles. The Balaban J connectivity index is 2.37. The average molecular weight is 247 g/mol. The van der Waals surface area contributed by atoms with Gasteiger partial charge in [-0.2, -0.15) is 0 Å². The molecule has 0 N–H and O–H groups in total. The minimum absolute atomic E-state index is 0.167. The third-order valence-corrected chi connectivity index (χ3v) is 2.85. The molecule has 2 rings (SSSR count). The smallest absolute Gasteiger partial charge is 0.212 e. The van der Waals surface area contributed by atoms with Crippen molar-refractivity contribution in [1.29, 1.82) is 0 Å². The molecular formula is C13H11ClN2O. The molecule has 0 aliphatic rings. The van der Waals surface area contributed by atoms with Gasteiger partial charge in [0.1, 0.15) is 5.69 Å². The standard InChI is InChI=1S/C13H11ClN2O/c1-8-3-4-10(5-11(8)14)13(17)12-7-15-9(2)6-16-12/h3-7H,1-2H3. The summed E-state index contributed by atoms with van der Waals surface area (Å²) in [7, 11) is 0. The van der Waals surface area contributed by atoms with Crippen LogP contribution in [0.5, 0.6) is 0 Å². The highest BCUT2D eigenvalue weighted by molar-refractivity contribution is 6.31. The van der Waals surface area contributed by atoms with E-state index < -0.39 is 0 Å². The number of hydrogen-bond donors (Lipinski definition) is 0. The summed E-state index contributed by atoms with van der Waals surface area (Å²) in [6.07, 6.45) is 3.05. The molecule has 0 spiro atoms. The number of hydrogen-bond acceptors (Lipinski definition) is 3. The maximum Gasteiger partial charge on any atom is 0.212 e. The number of nitrogens with zero attached hydrogens (tertiary/aromatic N) is 2. The van der Waals surface area contributed by atoms with Crippen LogP contribution in [0, 0.1) is 13.8 Å². The van der Waals surface area contributed by atoms with E-state index >= 15 is 0 Å². The molecule has 17 heavy (non-hydrogen) atoms. The van der Waals surface area contributed by atoms with Crippen LogP contribution < -0.4 is 0 Å². The molecule has 2 aromatic rings. The molecule has 0 fully saturated rings. The van der Waals surface area contributed by atoms with Crippen molar-refractivity contribution in [3.63, 3.8) is 0 Å². The Hall–Kier alpha value is -1.74. The predicted molar refractivity (Wildman–Crippen MR) is 66.4 cm³/mol. The lowest BCUT2D eigenvalue weighted by atomic mass is 10.1. The van der Waals surface area contributed by atoms with Crippen molar-refractivity contribution in [3.05, 3.63) is 58.1 Å². The first-order valence-corrected chi connectivity index (χ1v) is 5.55. The lowest BCUT2D eigenvalue weighted by molar-refractivity contribution is 0.103. The second-order valence-corrected chi connectivity index (χ2v) is 4.24. The maximum absolute atomic E-state index is 12.1. The van der Waals surface area contributed by atoms with Crippen molar-refractivity contribution < 1.29 is 4.79 Å². The van der Waals surface area contributed by atoms with E-state index in [2.05, 4.69) is 9.97 Å². The Morgan fingerprint density at radius 2 is 1.94 bits per heavy atom. The van der Waals surface area contributed by atoms with Crippen molar-refractivity contribution in [2.45, 2.75) is 13.8 Å². The number of carbonyl (C=O) groups is 1. The van der Waals surface area contributed by atoms with E-state index in [0.717, 1.165) is 11.3 Å². The van der Waals surface area contributed by atoms with Gasteiger partial charge < -0.3 is 0 Å². The minimum atomic E-state index is -0.167. The van der Waals surface area contributed by atoms with Crippen molar-refractivity contribution in [2.24, 2.45) is 0 Å². The van der Waals surface area contributed by atoms with Gasteiger partial charge in [0.05, 0.1) is 11.9 Å². The first kappa shape index (κ1) is 11.7. The van der Waals surface area contributed by atoms with E-state index in [0.29, 0.717) is 16.3 Å². The fourth-order valence-corrected chi connectivity index (χ4v) is 1.57. The summed E-state index contributed by atoms with van der Waals surface area (Å²) in [6.45, 7) is 3.71. The van der Waals surface area contributed by atoms with E-state index in [1.165, 1.54) is 6.20 Å². The topological polar surface area (TPSA) is 42.9 Å². The van der Waals surface area contributed by atoms with Gasteiger partial charge in [0.2, 0.25) is 5.78 Å². The summed E-state index contributed by atoms with van der Waals surface area (Å²) >= 11 is 5.98. The summed E-state index contributed by atoms with van der Waals surface area (Å²) in [5.41, 5.74) is 2.58. The van der Waals surface area contributed by atoms with Gasteiger partial charge in [-0.1, -0.05) is 23.7 Å². The Labute approximate surface area is 104 Å². The van der Waals surface area contributed by atoms with Crippen LogP contribution in [0.25, 0.3) is 0 Å². The Morgan fingerprint density at radius 1 is 1.18 bits per heavy atom. The fraction of sp³-hybridized carbons (Fsp3) is 0.154. The van der Waals surface area contributed by atoms with E-state index in [1.807, 2.05) is 19.9 Å². The van der Waals surface area contributed by atoms with Gasteiger partial charge in [-0.25, -0.2) is 4.98 Å². The largest absolute Gasteiger partial charge is 0.287 e. The quantitative estimate of drug-likeness (QED) is 0.765. The third-order valence-electron chi connectivity index (χ3n) is 2.45. The highest BCUT2D eigenvalue weighted by atomic mass is 35.5. The Bertz CT molecular complexity index is 564.